The Morgan fingerprint density at radius 2 is 1.88 bits per heavy atom. The molecule has 1 unspecified atom stereocenters. The average molecular weight is 638 g/mol. The van der Waals surface area contributed by atoms with Gasteiger partial charge in [0.15, 0.2) is 5.17 Å². The lowest BCUT2D eigenvalue weighted by Gasteiger charge is -2.27. The molecule has 2 heterocycles. The van der Waals surface area contributed by atoms with Crippen LogP contribution in [0.15, 0.2) is 52.5 Å². The number of alkyl halides is 3. The molecule has 43 heavy (non-hydrogen) atoms. The number of likely N-dealkylation sites (N-methyl/N-ethyl adjacent to an activating group) is 2. The SMILES string of the molecule is CN(CC(O)CN(C)C1=NC(=O)/C(=C/c2ccc3c(cnn3Cc3ccc(Cl)cc3C(F)(F)F)c2)S1)C(=O)OC(C)(C)C. The number of aliphatic hydroxyl groups is 1. The number of thioether (sulfide) groups is 1. The lowest BCUT2D eigenvalue weighted by atomic mass is 10.1. The number of nitrogens with zero attached hydrogens (tertiary/aromatic N) is 5. The Bertz CT molecular complexity index is 1600. The Hall–Kier alpha value is -3.55. The molecule has 4 rings (SSSR count). The standard InChI is InChI=1S/C29H31ClF3N5O4S/c1-28(2,3)42-27(41)37(5)16-21(39)15-36(4)26-35-25(40)24(43-26)11-17-6-9-23-19(10-17)13-34-38(23)14-18-7-8-20(30)12-22(18)29(31,32)33/h6-13,21,39H,14-16H2,1-5H3/b24-11-. The molecule has 0 aliphatic carbocycles. The molecule has 0 spiro atoms. The van der Waals surface area contributed by atoms with E-state index in [2.05, 4.69) is 10.1 Å². The van der Waals surface area contributed by atoms with Crippen LogP contribution in [0.4, 0.5) is 18.0 Å². The first-order chi connectivity index (χ1) is 20.0. The molecule has 1 N–H and O–H groups in total. The Morgan fingerprint density at radius 1 is 1.16 bits per heavy atom. The van der Waals surface area contributed by atoms with Crippen molar-refractivity contribution < 1.29 is 32.6 Å². The van der Waals surface area contributed by atoms with Gasteiger partial charge in [-0.3, -0.25) is 9.48 Å². The number of halogens is 4. The number of aliphatic hydroxyl groups excluding tert-OH is 1. The van der Waals surface area contributed by atoms with E-state index in [-0.39, 0.29) is 30.2 Å². The fraction of sp³-hybridized carbons (Fsp3) is 0.379. The fourth-order valence-corrected chi connectivity index (χ4v) is 5.38. The zero-order valence-corrected chi connectivity index (χ0v) is 25.7. The highest BCUT2D eigenvalue weighted by Crippen LogP contribution is 2.35. The van der Waals surface area contributed by atoms with Gasteiger partial charge in [0.05, 0.1) is 41.4 Å². The van der Waals surface area contributed by atoms with Gasteiger partial charge in [-0.2, -0.15) is 23.3 Å². The zero-order chi connectivity index (χ0) is 31.7. The monoisotopic (exact) mass is 637 g/mol. The minimum atomic E-state index is -4.56. The van der Waals surface area contributed by atoms with E-state index in [1.165, 1.54) is 28.8 Å². The van der Waals surface area contributed by atoms with E-state index < -0.39 is 35.4 Å². The van der Waals surface area contributed by atoms with Crippen molar-refractivity contribution in [2.45, 2.75) is 45.2 Å². The normalized spacial score (nSPS) is 15.6. The highest BCUT2D eigenvalue weighted by atomic mass is 35.5. The molecule has 14 heteroatoms. The quantitative estimate of drug-likeness (QED) is 0.323. The molecule has 2 aromatic carbocycles. The molecular formula is C29H31ClF3N5O4S. The maximum absolute atomic E-state index is 13.5. The van der Waals surface area contributed by atoms with Gasteiger partial charge >= 0.3 is 12.3 Å². The molecule has 1 aliphatic rings. The van der Waals surface area contributed by atoms with Crippen molar-refractivity contribution in [3.63, 3.8) is 0 Å². The number of carbonyl (C=O) groups excluding carboxylic acids is 2. The van der Waals surface area contributed by atoms with Crippen molar-refractivity contribution in [2.24, 2.45) is 4.99 Å². The largest absolute Gasteiger partial charge is 0.444 e. The first kappa shape index (κ1) is 32.4. The fourth-order valence-electron chi connectivity index (χ4n) is 4.33. The third-order valence-corrected chi connectivity index (χ3v) is 7.60. The molecule has 3 aromatic rings. The van der Waals surface area contributed by atoms with Crippen molar-refractivity contribution in [2.75, 3.05) is 27.2 Å². The van der Waals surface area contributed by atoms with Crippen molar-refractivity contribution in [3.05, 3.63) is 69.2 Å². The number of amides is 2. The van der Waals surface area contributed by atoms with Crippen LogP contribution in [0.3, 0.4) is 0 Å². The van der Waals surface area contributed by atoms with Crippen LogP contribution < -0.4 is 0 Å². The van der Waals surface area contributed by atoms with Gasteiger partial charge in [-0.05, 0) is 74.0 Å². The van der Waals surface area contributed by atoms with E-state index in [1.807, 2.05) is 0 Å². The smallest absolute Gasteiger partial charge is 0.416 e. The summed E-state index contributed by atoms with van der Waals surface area (Å²) in [6.07, 6.45) is -2.82. The molecule has 0 bridgehead atoms. The van der Waals surface area contributed by atoms with E-state index in [0.717, 1.165) is 17.8 Å². The van der Waals surface area contributed by atoms with Gasteiger partial charge in [0.25, 0.3) is 5.91 Å². The van der Waals surface area contributed by atoms with Crippen LogP contribution in [-0.2, 0) is 22.3 Å². The van der Waals surface area contributed by atoms with Crippen molar-refractivity contribution in [1.29, 1.82) is 0 Å². The summed E-state index contributed by atoms with van der Waals surface area (Å²) in [6.45, 7) is 5.30. The van der Waals surface area contributed by atoms with Gasteiger partial charge < -0.3 is 19.6 Å². The molecule has 1 atom stereocenters. The van der Waals surface area contributed by atoms with Crippen LogP contribution in [0.1, 0.15) is 37.5 Å². The lowest BCUT2D eigenvalue weighted by Crippen LogP contribution is -2.42. The second-order valence-corrected chi connectivity index (χ2v) is 12.6. The molecule has 2 amide bonds. The van der Waals surface area contributed by atoms with Crippen LogP contribution in [0.2, 0.25) is 5.02 Å². The second-order valence-electron chi connectivity index (χ2n) is 11.1. The van der Waals surface area contributed by atoms with Gasteiger partial charge in [-0.25, -0.2) is 4.79 Å². The number of fused-ring (bicyclic) bond motifs is 1. The van der Waals surface area contributed by atoms with E-state index >= 15 is 0 Å². The number of rotatable bonds is 7. The third-order valence-electron chi connectivity index (χ3n) is 6.27. The topological polar surface area (TPSA) is 100 Å². The molecular weight excluding hydrogens is 607 g/mol. The lowest BCUT2D eigenvalue weighted by molar-refractivity contribution is -0.138. The first-order valence-electron chi connectivity index (χ1n) is 13.2. The van der Waals surface area contributed by atoms with Crippen LogP contribution in [0.5, 0.6) is 0 Å². The molecule has 0 fully saturated rings. The Morgan fingerprint density at radius 3 is 2.56 bits per heavy atom. The van der Waals surface area contributed by atoms with Gasteiger partial charge in [0.1, 0.15) is 5.60 Å². The molecule has 0 radical (unpaired) electrons. The van der Waals surface area contributed by atoms with Crippen molar-refractivity contribution >= 4 is 57.5 Å². The summed E-state index contributed by atoms with van der Waals surface area (Å²) in [5.41, 5.74) is -0.128. The summed E-state index contributed by atoms with van der Waals surface area (Å²) < 4.78 is 47.4. The summed E-state index contributed by atoms with van der Waals surface area (Å²) in [5, 5.41) is 15.9. The maximum Gasteiger partial charge on any atom is 0.416 e. The predicted molar refractivity (Wildman–Crippen MR) is 161 cm³/mol. The summed E-state index contributed by atoms with van der Waals surface area (Å²) in [5.74, 6) is -0.439. The van der Waals surface area contributed by atoms with E-state index in [4.69, 9.17) is 16.3 Å². The number of hydrogen-bond donors (Lipinski definition) is 1. The number of aromatic nitrogens is 2. The molecule has 1 aromatic heterocycles. The van der Waals surface area contributed by atoms with Gasteiger partial charge in [0, 0.05) is 31.0 Å². The highest BCUT2D eigenvalue weighted by Gasteiger charge is 2.34. The number of ether oxygens (including phenoxy) is 1. The molecule has 230 valence electrons. The van der Waals surface area contributed by atoms with Gasteiger partial charge in [-0.1, -0.05) is 23.7 Å². The maximum atomic E-state index is 13.5. The second kappa shape index (κ2) is 12.6. The van der Waals surface area contributed by atoms with Crippen LogP contribution >= 0.6 is 23.4 Å². The third kappa shape index (κ3) is 8.30. The number of amidine groups is 1. The van der Waals surface area contributed by atoms with E-state index in [9.17, 15) is 27.9 Å². The number of hydrogen-bond acceptors (Lipinski definition) is 7. The minimum Gasteiger partial charge on any atom is -0.444 e. The van der Waals surface area contributed by atoms with Crippen LogP contribution in [-0.4, -0.2) is 80.7 Å². The minimum absolute atomic E-state index is 0.00119. The van der Waals surface area contributed by atoms with Crippen molar-refractivity contribution in [3.8, 4) is 0 Å². The molecule has 0 saturated heterocycles. The van der Waals surface area contributed by atoms with Crippen LogP contribution in [0.25, 0.3) is 17.0 Å². The average Bonchev–Trinajstić information content (AvgIpc) is 3.46. The Kier molecular flexibility index (Phi) is 9.48. The first-order valence-corrected chi connectivity index (χ1v) is 14.4. The Balaban J connectivity index is 1.41. The van der Waals surface area contributed by atoms with Crippen LogP contribution in [0, 0.1) is 0 Å². The molecule has 9 nitrogen and oxygen atoms in total. The van der Waals surface area contributed by atoms with Gasteiger partial charge in [-0.15, -0.1) is 0 Å². The zero-order valence-electron chi connectivity index (χ0n) is 24.1. The molecule has 0 saturated carbocycles. The summed E-state index contributed by atoms with van der Waals surface area (Å²) >= 11 is 6.95. The summed E-state index contributed by atoms with van der Waals surface area (Å²) in [4.78, 5) is 32.2. The number of carbonyl (C=O) groups is 2. The van der Waals surface area contributed by atoms with E-state index in [1.54, 1.807) is 63.2 Å². The molecule has 1 aliphatic heterocycles. The van der Waals surface area contributed by atoms with E-state index in [0.29, 0.717) is 26.5 Å². The van der Waals surface area contributed by atoms with Crippen molar-refractivity contribution in [1.82, 2.24) is 19.6 Å². The predicted octanol–water partition coefficient (Wildman–Crippen LogP) is 5.89. The Labute approximate surface area is 255 Å². The summed E-state index contributed by atoms with van der Waals surface area (Å²) in [7, 11) is 3.21. The number of benzene rings is 2. The number of aliphatic imine (C=N–C) groups is 1. The highest BCUT2D eigenvalue weighted by molar-refractivity contribution is 8.18. The van der Waals surface area contributed by atoms with Gasteiger partial charge in [0.2, 0.25) is 0 Å². The summed E-state index contributed by atoms with van der Waals surface area (Å²) in [6, 6.07) is 8.91.